The van der Waals surface area contributed by atoms with Crippen LogP contribution >= 0.6 is 34.7 Å². The second-order valence-electron chi connectivity index (χ2n) is 5.96. The second kappa shape index (κ2) is 6.62. The van der Waals surface area contributed by atoms with Crippen LogP contribution in [0.25, 0.3) is 10.2 Å². The Morgan fingerprint density at radius 3 is 2.92 bits per heavy atom. The molecule has 4 rings (SSSR count). The average molecular weight is 379 g/mol. The predicted octanol–water partition coefficient (Wildman–Crippen LogP) is 5.96. The zero-order valence-corrected chi connectivity index (χ0v) is 15.6. The van der Waals surface area contributed by atoms with Gasteiger partial charge in [0.05, 0.1) is 0 Å². The molecule has 0 unspecified atom stereocenters. The number of nitrogens with zero attached hydrogens (tertiary/aromatic N) is 2. The van der Waals surface area contributed by atoms with E-state index in [1.165, 1.54) is 34.7 Å². The monoisotopic (exact) mass is 378 g/mol. The summed E-state index contributed by atoms with van der Waals surface area (Å²) in [5.41, 5.74) is 1.95. The van der Waals surface area contributed by atoms with Crippen LogP contribution in [0.1, 0.15) is 34.7 Å². The van der Waals surface area contributed by atoms with Crippen molar-refractivity contribution < 1.29 is 4.39 Å². The second-order valence-corrected chi connectivity index (χ2v) is 8.41. The van der Waals surface area contributed by atoms with Gasteiger partial charge in [0.15, 0.2) is 0 Å². The Bertz CT molecular complexity index is 903. The van der Waals surface area contributed by atoms with E-state index in [1.807, 2.05) is 6.92 Å². The van der Waals surface area contributed by atoms with Gasteiger partial charge in [-0.15, -0.1) is 23.1 Å². The van der Waals surface area contributed by atoms with Crippen molar-refractivity contribution in [3.05, 3.63) is 50.9 Å². The number of fused-ring (bicyclic) bond motifs is 3. The van der Waals surface area contributed by atoms with Crippen LogP contribution < -0.4 is 0 Å². The fourth-order valence-electron chi connectivity index (χ4n) is 3.14. The van der Waals surface area contributed by atoms with Crippen molar-refractivity contribution in [2.75, 3.05) is 0 Å². The van der Waals surface area contributed by atoms with Crippen LogP contribution in [0.5, 0.6) is 0 Å². The molecular weight excluding hydrogens is 363 g/mol. The number of thiophene rings is 1. The lowest BCUT2D eigenvalue weighted by Crippen LogP contribution is -2.00. The number of aromatic nitrogens is 2. The highest BCUT2D eigenvalue weighted by Crippen LogP contribution is 2.40. The summed E-state index contributed by atoms with van der Waals surface area (Å²) in [6, 6.07) is 4.82. The van der Waals surface area contributed by atoms with Crippen molar-refractivity contribution >= 4 is 44.9 Å². The number of rotatable bonds is 3. The molecule has 0 fully saturated rings. The van der Waals surface area contributed by atoms with E-state index in [0.717, 1.165) is 28.5 Å². The van der Waals surface area contributed by atoms with Crippen molar-refractivity contribution in [2.45, 2.75) is 43.4 Å². The molecule has 0 aliphatic heterocycles. The summed E-state index contributed by atoms with van der Waals surface area (Å²) in [4.78, 5) is 11.8. The maximum atomic E-state index is 14.0. The number of thioether (sulfide) groups is 1. The van der Waals surface area contributed by atoms with Gasteiger partial charge in [0.2, 0.25) is 0 Å². The maximum Gasteiger partial charge on any atom is 0.128 e. The first-order valence-corrected chi connectivity index (χ1v) is 10.2. The zero-order valence-electron chi connectivity index (χ0n) is 13.2. The van der Waals surface area contributed by atoms with Crippen LogP contribution in [0, 0.1) is 12.7 Å². The number of halogens is 2. The van der Waals surface area contributed by atoms with Gasteiger partial charge in [-0.25, -0.2) is 14.4 Å². The Morgan fingerprint density at radius 2 is 2.08 bits per heavy atom. The van der Waals surface area contributed by atoms with Crippen LogP contribution in [-0.2, 0) is 18.6 Å². The molecule has 24 heavy (non-hydrogen) atoms. The van der Waals surface area contributed by atoms with E-state index in [2.05, 4.69) is 9.97 Å². The molecule has 0 saturated heterocycles. The number of hydrogen-bond donors (Lipinski definition) is 0. The smallest absolute Gasteiger partial charge is 0.128 e. The van der Waals surface area contributed by atoms with E-state index in [1.54, 1.807) is 35.2 Å². The number of hydrogen-bond acceptors (Lipinski definition) is 4. The lowest BCUT2D eigenvalue weighted by Gasteiger charge is -2.12. The van der Waals surface area contributed by atoms with Crippen molar-refractivity contribution in [2.24, 2.45) is 0 Å². The summed E-state index contributed by atoms with van der Waals surface area (Å²) in [7, 11) is 0. The molecule has 2 heterocycles. The third-order valence-corrected chi connectivity index (χ3v) is 6.85. The summed E-state index contributed by atoms with van der Waals surface area (Å²) < 4.78 is 14.0. The first-order valence-electron chi connectivity index (χ1n) is 7.98. The first kappa shape index (κ1) is 16.3. The molecule has 0 spiro atoms. The number of aryl methyl sites for hydroxylation is 3. The Labute approximate surface area is 153 Å². The third-order valence-electron chi connectivity index (χ3n) is 4.31. The van der Waals surface area contributed by atoms with Crippen LogP contribution in [0.15, 0.2) is 23.2 Å². The molecule has 124 valence electrons. The Hall–Kier alpha value is -1.17. The van der Waals surface area contributed by atoms with Gasteiger partial charge >= 0.3 is 0 Å². The molecule has 1 aromatic carbocycles. The van der Waals surface area contributed by atoms with Crippen molar-refractivity contribution in [1.29, 1.82) is 0 Å². The summed E-state index contributed by atoms with van der Waals surface area (Å²) in [5.74, 6) is 0.981. The van der Waals surface area contributed by atoms with Crippen molar-refractivity contribution in [3.63, 3.8) is 0 Å². The molecular formula is C18H16ClFN2S2. The minimum Gasteiger partial charge on any atom is -0.226 e. The molecule has 0 amide bonds. The minimum absolute atomic E-state index is 0.260. The fourth-order valence-corrected chi connectivity index (χ4v) is 5.96. The van der Waals surface area contributed by atoms with Crippen molar-refractivity contribution in [3.8, 4) is 0 Å². The van der Waals surface area contributed by atoms with Gasteiger partial charge in [-0.05, 0) is 50.3 Å². The topological polar surface area (TPSA) is 25.8 Å². The van der Waals surface area contributed by atoms with E-state index >= 15 is 0 Å². The summed E-state index contributed by atoms with van der Waals surface area (Å²) in [6.45, 7) is 1.91. The molecule has 0 radical (unpaired) electrons. The van der Waals surface area contributed by atoms with Gasteiger partial charge in [-0.3, -0.25) is 0 Å². The zero-order chi connectivity index (χ0) is 16.7. The predicted molar refractivity (Wildman–Crippen MR) is 99.8 cm³/mol. The van der Waals surface area contributed by atoms with Gasteiger partial charge in [-0.1, -0.05) is 17.7 Å². The molecule has 0 atom stereocenters. The normalized spacial score (nSPS) is 14.1. The maximum absolute atomic E-state index is 14.0. The molecule has 0 N–H and O–H groups in total. The number of benzene rings is 1. The van der Waals surface area contributed by atoms with Gasteiger partial charge < -0.3 is 0 Å². The van der Waals surface area contributed by atoms with Crippen LogP contribution in [-0.4, -0.2) is 9.97 Å². The molecule has 2 nitrogen and oxygen atoms in total. The summed E-state index contributed by atoms with van der Waals surface area (Å²) >= 11 is 9.50. The average Bonchev–Trinajstić information content (AvgIpc) is 2.92. The Morgan fingerprint density at radius 1 is 1.25 bits per heavy atom. The van der Waals surface area contributed by atoms with E-state index < -0.39 is 0 Å². The van der Waals surface area contributed by atoms with E-state index in [0.29, 0.717) is 16.3 Å². The van der Waals surface area contributed by atoms with E-state index in [4.69, 9.17) is 11.6 Å². The van der Waals surface area contributed by atoms with Crippen LogP contribution in [0.3, 0.4) is 0 Å². The molecule has 0 bridgehead atoms. The van der Waals surface area contributed by atoms with Crippen LogP contribution in [0.2, 0.25) is 5.02 Å². The Balaban J connectivity index is 1.75. The standard InChI is InChI=1S/C18H16ClFN2S2/c1-10-21-17(23-9-12-13(19)6-4-7-14(12)20)16-11-5-2-3-8-15(11)24-18(16)22-10/h4,6-7H,2-3,5,8-9H2,1H3. The molecule has 1 aliphatic rings. The van der Waals surface area contributed by atoms with Gasteiger partial charge in [0.1, 0.15) is 21.5 Å². The lowest BCUT2D eigenvalue weighted by molar-refractivity contribution is 0.617. The molecule has 1 aliphatic carbocycles. The van der Waals surface area contributed by atoms with E-state index in [9.17, 15) is 4.39 Å². The summed E-state index contributed by atoms with van der Waals surface area (Å²) in [5, 5.41) is 2.60. The highest BCUT2D eigenvalue weighted by atomic mass is 35.5. The quantitative estimate of drug-likeness (QED) is 0.415. The van der Waals surface area contributed by atoms with Gasteiger partial charge in [0, 0.05) is 26.6 Å². The SMILES string of the molecule is Cc1nc(SCc2c(F)cccc2Cl)c2c3c(sc2n1)CCCC3. The fraction of sp³-hybridized carbons (Fsp3) is 0.333. The third kappa shape index (κ3) is 2.93. The largest absolute Gasteiger partial charge is 0.226 e. The molecule has 3 aromatic rings. The Kier molecular flexibility index (Phi) is 4.50. The first-order chi connectivity index (χ1) is 11.6. The molecule has 0 saturated carbocycles. The molecule has 2 aromatic heterocycles. The lowest BCUT2D eigenvalue weighted by atomic mass is 9.97. The highest BCUT2D eigenvalue weighted by Gasteiger charge is 2.21. The molecule has 6 heteroatoms. The van der Waals surface area contributed by atoms with Crippen LogP contribution in [0.4, 0.5) is 4.39 Å². The van der Waals surface area contributed by atoms with Gasteiger partial charge in [0.25, 0.3) is 0 Å². The van der Waals surface area contributed by atoms with Crippen molar-refractivity contribution in [1.82, 2.24) is 9.97 Å². The highest BCUT2D eigenvalue weighted by molar-refractivity contribution is 7.98. The minimum atomic E-state index is -0.260. The van der Waals surface area contributed by atoms with Gasteiger partial charge in [-0.2, -0.15) is 0 Å². The van der Waals surface area contributed by atoms with E-state index in [-0.39, 0.29) is 5.82 Å². The summed E-state index contributed by atoms with van der Waals surface area (Å²) in [6.07, 6.45) is 4.70.